The highest BCUT2D eigenvalue weighted by atomic mass is 35.5. The second-order valence-electron chi connectivity index (χ2n) is 5.00. The van der Waals surface area contributed by atoms with E-state index in [2.05, 4.69) is 5.32 Å². The lowest BCUT2D eigenvalue weighted by molar-refractivity contribution is 0.0687. The molecule has 0 radical (unpaired) electrons. The van der Waals surface area contributed by atoms with Crippen molar-refractivity contribution >= 4 is 51.4 Å². The number of carbonyl (C=O) groups is 1. The van der Waals surface area contributed by atoms with Gasteiger partial charge in [0.25, 0.3) is 0 Å². The van der Waals surface area contributed by atoms with Crippen molar-refractivity contribution in [2.45, 2.75) is 0 Å². The van der Waals surface area contributed by atoms with Gasteiger partial charge in [-0.05, 0) is 36.4 Å². The summed E-state index contributed by atoms with van der Waals surface area (Å²) in [6.07, 6.45) is 0. The van der Waals surface area contributed by atoms with Crippen LogP contribution in [0.1, 0.15) is 10.5 Å². The molecule has 0 amide bonds. The molecule has 0 fully saturated rings. The Labute approximate surface area is 141 Å². The van der Waals surface area contributed by atoms with Crippen LogP contribution in [0, 0.1) is 5.82 Å². The molecule has 0 spiro atoms. The van der Waals surface area contributed by atoms with Crippen LogP contribution in [0.5, 0.6) is 0 Å². The lowest BCUT2D eigenvalue weighted by atomic mass is 10.2. The molecule has 4 nitrogen and oxygen atoms in total. The summed E-state index contributed by atoms with van der Waals surface area (Å²) >= 11 is 12.0. The number of hydrogen-bond donors (Lipinski definition) is 2. The van der Waals surface area contributed by atoms with Gasteiger partial charge in [0.1, 0.15) is 11.5 Å². The van der Waals surface area contributed by atoms with Crippen LogP contribution in [0.15, 0.2) is 36.4 Å². The summed E-state index contributed by atoms with van der Waals surface area (Å²) in [5.41, 5.74) is 1.95. The van der Waals surface area contributed by atoms with Crippen LogP contribution in [-0.2, 0) is 7.05 Å². The van der Waals surface area contributed by atoms with Gasteiger partial charge in [0.2, 0.25) is 0 Å². The molecule has 3 aromatic rings. The highest BCUT2D eigenvalue weighted by Gasteiger charge is 2.17. The SMILES string of the molecule is Cn1c(C(=O)O)cc2c(Nc3ccc(F)c(Cl)c3)ccc(Cl)c21. The molecule has 0 aliphatic rings. The number of hydrogen-bond acceptors (Lipinski definition) is 2. The Morgan fingerprint density at radius 2 is 1.91 bits per heavy atom. The second-order valence-corrected chi connectivity index (χ2v) is 5.82. The van der Waals surface area contributed by atoms with Crippen molar-refractivity contribution in [1.29, 1.82) is 0 Å². The number of rotatable bonds is 3. The molecule has 0 saturated heterocycles. The van der Waals surface area contributed by atoms with Crippen LogP contribution < -0.4 is 5.32 Å². The van der Waals surface area contributed by atoms with Crippen molar-refractivity contribution in [2.24, 2.45) is 7.05 Å². The number of carboxylic acids is 1. The van der Waals surface area contributed by atoms with Gasteiger partial charge in [-0.1, -0.05) is 23.2 Å². The van der Waals surface area contributed by atoms with Gasteiger partial charge < -0.3 is 15.0 Å². The third-order valence-corrected chi connectivity index (χ3v) is 4.16. The van der Waals surface area contributed by atoms with Gasteiger partial charge in [-0.2, -0.15) is 0 Å². The molecule has 0 unspecified atom stereocenters. The summed E-state index contributed by atoms with van der Waals surface area (Å²) in [6.45, 7) is 0. The maximum absolute atomic E-state index is 13.2. The zero-order valence-corrected chi connectivity index (χ0v) is 13.4. The molecule has 3 rings (SSSR count). The first kappa shape index (κ1) is 15.6. The average Bonchev–Trinajstić information content (AvgIpc) is 2.85. The molecule has 2 N–H and O–H groups in total. The summed E-state index contributed by atoms with van der Waals surface area (Å²) in [5, 5.41) is 13.5. The third-order valence-electron chi connectivity index (χ3n) is 3.56. The fourth-order valence-corrected chi connectivity index (χ4v) is 2.94. The van der Waals surface area contributed by atoms with E-state index in [4.69, 9.17) is 23.2 Å². The minimum Gasteiger partial charge on any atom is -0.477 e. The number of nitrogens with zero attached hydrogens (tertiary/aromatic N) is 1. The van der Waals surface area contributed by atoms with Crippen molar-refractivity contribution in [3.8, 4) is 0 Å². The summed E-state index contributed by atoms with van der Waals surface area (Å²) in [4.78, 5) is 11.3. The number of benzene rings is 2. The van der Waals surface area contributed by atoms with Gasteiger partial charge >= 0.3 is 5.97 Å². The van der Waals surface area contributed by atoms with E-state index in [9.17, 15) is 14.3 Å². The van der Waals surface area contributed by atoms with Crippen LogP contribution in [0.2, 0.25) is 10.0 Å². The lowest BCUT2D eigenvalue weighted by Crippen LogP contribution is -2.03. The van der Waals surface area contributed by atoms with Crippen molar-refractivity contribution in [2.75, 3.05) is 5.32 Å². The Hall–Kier alpha value is -2.24. The van der Waals surface area contributed by atoms with Gasteiger partial charge in [0.05, 0.1) is 15.6 Å². The van der Waals surface area contributed by atoms with E-state index in [0.717, 1.165) is 0 Å². The molecule has 0 aliphatic heterocycles. The van der Waals surface area contributed by atoms with Crippen LogP contribution in [-0.4, -0.2) is 15.6 Å². The molecular formula is C16H11Cl2FN2O2. The zero-order valence-electron chi connectivity index (χ0n) is 11.9. The molecule has 2 aromatic carbocycles. The monoisotopic (exact) mass is 352 g/mol. The van der Waals surface area contributed by atoms with Crippen LogP contribution >= 0.6 is 23.2 Å². The molecule has 0 saturated carbocycles. The number of aromatic carboxylic acids is 1. The highest BCUT2D eigenvalue weighted by Crippen LogP contribution is 2.34. The first-order chi connectivity index (χ1) is 10.9. The Balaban J connectivity index is 2.14. The fraction of sp³-hybridized carbons (Fsp3) is 0.0625. The van der Waals surface area contributed by atoms with E-state index in [1.54, 1.807) is 25.2 Å². The van der Waals surface area contributed by atoms with E-state index in [-0.39, 0.29) is 10.7 Å². The van der Waals surface area contributed by atoms with Crippen molar-refractivity contribution in [1.82, 2.24) is 4.57 Å². The predicted octanol–water partition coefficient (Wildman–Crippen LogP) is 5.07. The molecule has 0 bridgehead atoms. The second kappa shape index (κ2) is 5.76. The standard InChI is InChI=1S/C16H11Cl2FN2O2/c1-21-14(16(22)23)7-9-13(5-3-10(17)15(9)21)20-8-2-4-12(19)11(18)6-8/h2-7,20H,1H3,(H,22,23). The minimum atomic E-state index is -1.05. The largest absolute Gasteiger partial charge is 0.477 e. The number of halogens is 3. The Morgan fingerprint density at radius 3 is 2.57 bits per heavy atom. The van der Waals surface area contributed by atoms with Gasteiger partial charge in [0, 0.05) is 23.8 Å². The van der Waals surface area contributed by atoms with E-state index in [1.807, 2.05) is 0 Å². The van der Waals surface area contributed by atoms with E-state index < -0.39 is 11.8 Å². The van der Waals surface area contributed by atoms with Crippen LogP contribution in [0.4, 0.5) is 15.8 Å². The maximum Gasteiger partial charge on any atom is 0.352 e. The van der Waals surface area contributed by atoms with E-state index in [1.165, 1.54) is 22.8 Å². The number of fused-ring (bicyclic) bond motifs is 1. The van der Waals surface area contributed by atoms with Crippen molar-refractivity contribution in [3.63, 3.8) is 0 Å². The summed E-state index contributed by atoms with van der Waals surface area (Å²) < 4.78 is 14.8. The Bertz CT molecular complexity index is 937. The summed E-state index contributed by atoms with van der Waals surface area (Å²) in [6, 6.07) is 9.19. The normalized spacial score (nSPS) is 11.0. The molecular weight excluding hydrogens is 342 g/mol. The fourth-order valence-electron chi connectivity index (χ4n) is 2.47. The Morgan fingerprint density at radius 1 is 1.17 bits per heavy atom. The number of aromatic nitrogens is 1. The maximum atomic E-state index is 13.2. The number of aryl methyl sites for hydroxylation is 1. The van der Waals surface area contributed by atoms with Crippen molar-refractivity contribution in [3.05, 3.63) is 58.0 Å². The minimum absolute atomic E-state index is 0.000468. The van der Waals surface area contributed by atoms with Crippen molar-refractivity contribution < 1.29 is 14.3 Å². The number of nitrogens with one attached hydrogen (secondary N) is 1. The Kier molecular flexibility index (Phi) is 3.92. The molecule has 0 atom stereocenters. The highest BCUT2D eigenvalue weighted by molar-refractivity contribution is 6.36. The average molecular weight is 353 g/mol. The first-order valence-electron chi connectivity index (χ1n) is 6.62. The molecule has 7 heteroatoms. The van der Waals surface area contributed by atoms with Gasteiger partial charge in [-0.25, -0.2) is 9.18 Å². The predicted molar refractivity (Wildman–Crippen MR) is 89.6 cm³/mol. The first-order valence-corrected chi connectivity index (χ1v) is 7.37. The number of carboxylic acid groups (broad SMARTS) is 1. The van der Waals surface area contributed by atoms with E-state index >= 15 is 0 Å². The van der Waals surface area contributed by atoms with Crippen LogP contribution in [0.25, 0.3) is 10.9 Å². The quantitative estimate of drug-likeness (QED) is 0.692. The lowest BCUT2D eigenvalue weighted by Gasteiger charge is -2.10. The van der Waals surface area contributed by atoms with E-state index in [0.29, 0.717) is 27.3 Å². The summed E-state index contributed by atoms with van der Waals surface area (Å²) in [7, 11) is 1.64. The molecule has 23 heavy (non-hydrogen) atoms. The van der Waals surface area contributed by atoms with Crippen LogP contribution in [0.3, 0.4) is 0 Å². The third kappa shape index (κ3) is 2.73. The summed E-state index contributed by atoms with van der Waals surface area (Å²) in [5.74, 6) is -1.55. The molecule has 1 heterocycles. The molecule has 118 valence electrons. The van der Waals surface area contributed by atoms with Gasteiger partial charge in [-0.15, -0.1) is 0 Å². The topological polar surface area (TPSA) is 54.3 Å². The number of anilines is 2. The molecule has 1 aromatic heterocycles. The van der Waals surface area contributed by atoms with Gasteiger partial charge in [-0.3, -0.25) is 0 Å². The molecule has 0 aliphatic carbocycles. The smallest absolute Gasteiger partial charge is 0.352 e. The van der Waals surface area contributed by atoms with Gasteiger partial charge in [0.15, 0.2) is 0 Å². The zero-order chi connectivity index (χ0) is 16.7.